The first kappa shape index (κ1) is 36.1. The van der Waals surface area contributed by atoms with E-state index in [4.69, 9.17) is 14.2 Å². The number of anilines is 1. The molecule has 0 unspecified atom stereocenters. The van der Waals surface area contributed by atoms with Crippen molar-refractivity contribution in [3.63, 3.8) is 0 Å². The van der Waals surface area contributed by atoms with Crippen molar-refractivity contribution >= 4 is 44.8 Å². The smallest absolute Gasteiger partial charge is 0.411 e. The first-order valence-corrected chi connectivity index (χ1v) is 18.0. The Morgan fingerprint density at radius 2 is 1.87 bits per heavy atom. The molecule has 2 heterocycles. The van der Waals surface area contributed by atoms with Crippen LogP contribution in [-0.4, -0.2) is 64.0 Å². The second-order valence-electron chi connectivity index (χ2n) is 12.7. The molecule has 1 saturated heterocycles. The van der Waals surface area contributed by atoms with Crippen molar-refractivity contribution in [3.05, 3.63) is 59.1 Å². The molecular weight excluding hydrogens is 643 g/mol. The second kappa shape index (κ2) is 15.9. The summed E-state index contributed by atoms with van der Waals surface area (Å²) in [4.78, 5) is 30.1. The molecule has 47 heavy (non-hydrogen) atoms. The topological polar surface area (TPSA) is 157 Å². The third-order valence-corrected chi connectivity index (χ3v) is 10.0. The Labute approximate surface area is 281 Å². The van der Waals surface area contributed by atoms with Crippen LogP contribution in [0.4, 0.5) is 15.3 Å². The van der Waals surface area contributed by atoms with Crippen molar-refractivity contribution in [1.82, 2.24) is 20.3 Å². The fourth-order valence-corrected chi connectivity index (χ4v) is 7.85. The van der Waals surface area contributed by atoms with Crippen LogP contribution >= 0.6 is 11.3 Å². The molecule has 1 aliphatic carbocycles. The predicted molar refractivity (Wildman–Crippen MR) is 183 cm³/mol. The fourth-order valence-electron chi connectivity index (χ4n) is 5.09. The minimum Gasteiger partial charge on any atom is -0.496 e. The number of ether oxygens (including phenoxy) is 3. The highest BCUT2D eigenvalue weighted by atomic mass is 32.2. The van der Waals surface area contributed by atoms with Gasteiger partial charge in [0, 0.05) is 40.3 Å². The maximum absolute atomic E-state index is 13.7. The predicted octanol–water partition coefficient (Wildman–Crippen LogP) is 6.16. The average Bonchev–Trinajstić information content (AvgIpc) is 3.46. The lowest BCUT2D eigenvalue weighted by molar-refractivity contribution is 0.118. The molecule has 2 amide bonds. The van der Waals surface area contributed by atoms with Crippen molar-refractivity contribution in [2.45, 2.75) is 76.8 Å². The molecule has 0 radical (unpaired) electrons. The molecule has 0 saturated carbocycles. The second-order valence-corrected chi connectivity index (χ2v) is 15.4. The van der Waals surface area contributed by atoms with Crippen LogP contribution in [0.2, 0.25) is 0 Å². The fraction of sp³-hybridized carbons (Fsp3) is 0.485. The van der Waals surface area contributed by atoms with Crippen molar-refractivity contribution in [1.29, 1.82) is 0 Å². The van der Waals surface area contributed by atoms with Crippen LogP contribution in [0.25, 0.3) is 16.0 Å². The lowest BCUT2D eigenvalue weighted by Crippen LogP contribution is -2.40. The summed E-state index contributed by atoms with van der Waals surface area (Å²) in [5.74, 6) is 0.805. The molecule has 1 aromatic heterocycles. The molecule has 4 N–H and O–H groups in total. The number of hydrogen-bond acceptors (Lipinski definition) is 10. The quantitative estimate of drug-likeness (QED) is 0.230. The van der Waals surface area contributed by atoms with Crippen LogP contribution < -0.4 is 20.7 Å². The summed E-state index contributed by atoms with van der Waals surface area (Å²) < 4.78 is 46.6. The van der Waals surface area contributed by atoms with Crippen LogP contribution in [0.3, 0.4) is 0 Å². The van der Waals surface area contributed by atoms with Crippen molar-refractivity contribution < 1.29 is 32.2 Å². The normalized spacial score (nSPS) is 19.6. The van der Waals surface area contributed by atoms with Gasteiger partial charge < -0.3 is 19.5 Å². The van der Waals surface area contributed by atoms with Gasteiger partial charge in [0.05, 0.1) is 29.6 Å². The Balaban J connectivity index is 1.65. The van der Waals surface area contributed by atoms with Crippen molar-refractivity contribution in [3.8, 4) is 10.4 Å². The number of nitrogens with zero attached hydrogens (tertiary/aromatic N) is 1. The molecule has 14 heteroatoms. The molecule has 1 aliphatic heterocycles. The average molecular weight is 688 g/mol. The van der Waals surface area contributed by atoms with E-state index in [0.29, 0.717) is 58.0 Å². The summed E-state index contributed by atoms with van der Waals surface area (Å²) in [6, 6.07) is 4.74. The van der Waals surface area contributed by atoms with Gasteiger partial charge in [0.1, 0.15) is 10.8 Å². The SMILES string of the molecule is COC1=C(\c2ncc(-c3ccc(NC(=O)OCC4CCNCC4)cc3S(=O)(=O)NC(C)(C)C)s2)CC/C=C/C(NC(=O)OC(C)C)=C\1. The summed E-state index contributed by atoms with van der Waals surface area (Å²) >= 11 is 1.32. The Bertz CT molecular complexity index is 1630. The number of thiazole rings is 1. The number of allylic oxidation sites excluding steroid dienone is 4. The summed E-state index contributed by atoms with van der Waals surface area (Å²) in [6.07, 6.45) is 8.70. The van der Waals surface area contributed by atoms with Gasteiger partial charge in [-0.1, -0.05) is 12.1 Å². The van der Waals surface area contributed by atoms with Crippen LogP contribution in [0.5, 0.6) is 0 Å². The number of rotatable bonds is 10. The highest BCUT2D eigenvalue weighted by Gasteiger charge is 2.27. The molecule has 2 aliphatic rings. The number of carbonyl (C=O) groups is 2. The Morgan fingerprint density at radius 3 is 2.55 bits per heavy atom. The van der Waals surface area contributed by atoms with Crippen LogP contribution in [0, 0.1) is 5.92 Å². The Hall–Kier alpha value is -3.72. The first-order valence-electron chi connectivity index (χ1n) is 15.7. The van der Waals surface area contributed by atoms with Crippen molar-refractivity contribution in [2.24, 2.45) is 5.92 Å². The van der Waals surface area contributed by atoms with E-state index < -0.39 is 27.7 Å². The van der Waals surface area contributed by atoms with E-state index in [1.165, 1.54) is 17.4 Å². The van der Waals surface area contributed by atoms with Gasteiger partial charge in [-0.15, -0.1) is 11.3 Å². The van der Waals surface area contributed by atoms with E-state index in [0.717, 1.165) is 31.5 Å². The zero-order valence-electron chi connectivity index (χ0n) is 27.8. The molecule has 1 aromatic carbocycles. The zero-order chi connectivity index (χ0) is 34.2. The Morgan fingerprint density at radius 1 is 1.13 bits per heavy atom. The van der Waals surface area contributed by atoms with E-state index in [9.17, 15) is 18.0 Å². The molecule has 4 rings (SSSR count). The highest BCUT2D eigenvalue weighted by Crippen LogP contribution is 2.38. The molecule has 1 fully saturated rings. The van der Waals surface area contributed by atoms with Gasteiger partial charge in [-0.2, -0.15) is 0 Å². The monoisotopic (exact) mass is 687 g/mol. The Kier molecular flexibility index (Phi) is 12.2. The molecule has 2 aromatic rings. The molecule has 0 spiro atoms. The highest BCUT2D eigenvalue weighted by molar-refractivity contribution is 7.89. The number of amides is 2. The number of nitrogens with one attached hydrogen (secondary N) is 4. The number of carbonyl (C=O) groups excluding carboxylic acids is 2. The van der Waals surface area contributed by atoms with Gasteiger partial charge in [0.2, 0.25) is 10.0 Å². The first-order chi connectivity index (χ1) is 22.2. The number of piperidine rings is 1. The maximum atomic E-state index is 13.7. The molecule has 12 nitrogen and oxygen atoms in total. The number of aromatic nitrogens is 1. The summed E-state index contributed by atoms with van der Waals surface area (Å²) in [5.41, 5.74) is 1.27. The van der Waals surface area contributed by atoms with Gasteiger partial charge in [0.25, 0.3) is 0 Å². The van der Waals surface area contributed by atoms with Crippen molar-refractivity contribution in [2.75, 3.05) is 32.1 Å². The molecule has 256 valence electrons. The minimum absolute atomic E-state index is 0.00429. The van der Waals surface area contributed by atoms with Gasteiger partial charge in [-0.3, -0.25) is 10.6 Å². The number of sulfonamides is 1. The number of hydrogen-bond donors (Lipinski definition) is 4. The van der Waals surface area contributed by atoms with Crippen LogP contribution in [0.15, 0.2) is 59.0 Å². The van der Waals surface area contributed by atoms with Gasteiger partial charge in [-0.25, -0.2) is 27.7 Å². The van der Waals surface area contributed by atoms with Gasteiger partial charge in [-0.05, 0) is 97.5 Å². The van der Waals surface area contributed by atoms with E-state index in [1.807, 2.05) is 6.08 Å². The lowest BCUT2D eigenvalue weighted by Gasteiger charge is -2.22. The minimum atomic E-state index is -4.03. The van der Waals surface area contributed by atoms with E-state index in [-0.39, 0.29) is 11.0 Å². The third kappa shape index (κ3) is 10.6. The number of benzene rings is 1. The third-order valence-electron chi connectivity index (χ3n) is 7.15. The summed E-state index contributed by atoms with van der Waals surface area (Å²) in [7, 11) is -2.49. The number of methoxy groups -OCH3 is 1. The largest absolute Gasteiger partial charge is 0.496 e. The lowest BCUT2D eigenvalue weighted by atomic mass is 9.99. The van der Waals surface area contributed by atoms with Gasteiger partial charge in [0.15, 0.2) is 0 Å². The van der Waals surface area contributed by atoms with Crippen LogP contribution in [-0.2, 0) is 24.2 Å². The van der Waals surface area contributed by atoms with Crippen LogP contribution in [0.1, 0.15) is 65.3 Å². The standard InChI is InChI=1S/C33H45N5O7S2/c1-21(2)45-32(40)37-23-9-7-8-10-25(27(17-23)43-6)30-35-19-28(46-30)26-12-11-24(18-29(26)47(41,42)38-33(3,4)5)36-31(39)44-20-22-13-15-34-16-14-22/h7,9,11-12,17-19,21-22,34,38H,8,10,13-16,20H2,1-6H3,(H,36,39)(H,37,40)/b9-7+,23-17+,27-25-. The molecule has 0 atom stereocenters. The maximum Gasteiger partial charge on any atom is 0.411 e. The molecule has 0 bridgehead atoms. The zero-order valence-corrected chi connectivity index (χ0v) is 29.4. The van der Waals surface area contributed by atoms with E-state index in [2.05, 4.69) is 25.7 Å². The van der Waals surface area contributed by atoms with E-state index in [1.54, 1.807) is 72.2 Å². The van der Waals surface area contributed by atoms with Gasteiger partial charge >= 0.3 is 12.2 Å². The number of alkyl carbamates (subject to hydrolysis) is 1. The molecular formula is C33H45N5O7S2. The summed E-state index contributed by atoms with van der Waals surface area (Å²) in [6.45, 7) is 10.9. The summed E-state index contributed by atoms with van der Waals surface area (Å²) in [5, 5.41) is 9.36. The van der Waals surface area contributed by atoms with E-state index >= 15 is 0 Å².